The maximum Gasteiger partial charge on any atom is 0.256 e. The van der Waals surface area contributed by atoms with E-state index in [4.69, 9.17) is 4.74 Å². The van der Waals surface area contributed by atoms with Crippen molar-refractivity contribution in [2.45, 2.75) is 11.8 Å². The standard InChI is InChI=1S/C22H23FN8O2/c1-24-21(32)16-11-25-12-26-19(16)28-18-6-4-5-17(20-27-13-31(2)30-20)22(18,33-3)29-15-9-7-14(23)8-10-15/h4-13,18,29H,1-3H3,(H,24,32)(H,25,26,28). The van der Waals surface area contributed by atoms with E-state index >= 15 is 0 Å². The molecule has 11 heteroatoms. The van der Waals surface area contributed by atoms with Gasteiger partial charge in [-0.1, -0.05) is 18.2 Å². The molecule has 33 heavy (non-hydrogen) atoms. The van der Waals surface area contributed by atoms with Crippen molar-refractivity contribution in [3.05, 3.63) is 78.6 Å². The van der Waals surface area contributed by atoms with Gasteiger partial charge in [-0.3, -0.25) is 9.48 Å². The lowest BCUT2D eigenvalue weighted by atomic mass is 9.88. The number of allylic oxidation sites excluding steroid dienone is 2. The number of benzene rings is 1. The number of methoxy groups -OCH3 is 1. The largest absolute Gasteiger partial charge is 0.358 e. The highest BCUT2D eigenvalue weighted by Crippen LogP contribution is 2.37. The second-order valence-corrected chi connectivity index (χ2v) is 7.26. The summed E-state index contributed by atoms with van der Waals surface area (Å²) in [5.74, 6) is 0.0639. The number of carbonyl (C=O) groups excluding carboxylic acids is 1. The number of nitrogens with zero attached hydrogens (tertiary/aromatic N) is 5. The number of halogens is 1. The highest BCUT2D eigenvalue weighted by Gasteiger charge is 2.46. The Hall–Kier alpha value is -4.12. The number of aryl methyl sites for hydroxylation is 1. The van der Waals surface area contributed by atoms with E-state index in [-0.39, 0.29) is 17.3 Å². The van der Waals surface area contributed by atoms with Crippen LogP contribution in [-0.2, 0) is 11.8 Å². The predicted molar refractivity (Wildman–Crippen MR) is 121 cm³/mol. The summed E-state index contributed by atoms with van der Waals surface area (Å²) in [5.41, 5.74) is 0.271. The van der Waals surface area contributed by atoms with Crippen LogP contribution in [0.15, 0.2) is 61.3 Å². The van der Waals surface area contributed by atoms with Gasteiger partial charge < -0.3 is 20.7 Å². The Balaban J connectivity index is 1.80. The van der Waals surface area contributed by atoms with Crippen LogP contribution < -0.4 is 16.0 Å². The summed E-state index contributed by atoms with van der Waals surface area (Å²) in [5, 5.41) is 13.7. The Morgan fingerprint density at radius 2 is 2.03 bits per heavy atom. The lowest BCUT2D eigenvalue weighted by molar-refractivity contribution is 0.0586. The van der Waals surface area contributed by atoms with E-state index < -0.39 is 11.8 Å². The van der Waals surface area contributed by atoms with Gasteiger partial charge in [0, 0.05) is 33.1 Å². The van der Waals surface area contributed by atoms with E-state index in [0.717, 1.165) is 0 Å². The number of nitrogens with one attached hydrogen (secondary N) is 3. The topological polar surface area (TPSA) is 119 Å². The minimum Gasteiger partial charge on any atom is -0.358 e. The molecular weight excluding hydrogens is 427 g/mol. The molecule has 0 radical (unpaired) electrons. The Morgan fingerprint density at radius 3 is 2.70 bits per heavy atom. The van der Waals surface area contributed by atoms with Gasteiger partial charge in [0.15, 0.2) is 11.5 Å². The van der Waals surface area contributed by atoms with Crippen LogP contribution in [0.3, 0.4) is 0 Å². The molecule has 3 aromatic rings. The van der Waals surface area contributed by atoms with Crippen LogP contribution in [0.5, 0.6) is 0 Å². The highest BCUT2D eigenvalue weighted by atomic mass is 19.1. The van der Waals surface area contributed by atoms with Gasteiger partial charge in [-0.15, -0.1) is 0 Å². The molecule has 0 fully saturated rings. The van der Waals surface area contributed by atoms with Crippen LogP contribution in [0, 0.1) is 5.82 Å². The highest BCUT2D eigenvalue weighted by molar-refractivity contribution is 5.98. The summed E-state index contributed by atoms with van der Waals surface area (Å²) in [7, 11) is 4.84. The predicted octanol–water partition coefficient (Wildman–Crippen LogP) is 1.99. The monoisotopic (exact) mass is 450 g/mol. The van der Waals surface area contributed by atoms with Gasteiger partial charge in [0.05, 0.1) is 17.2 Å². The van der Waals surface area contributed by atoms with Crippen LogP contribution in [0.25, 0.3) is 5.57 Å². The van der Waals surface area contributed by atoms with Crippen molar-refractivity contribution < 1.29 is 13.9 Å². The Bertz CT molecular complexity index is 1210. The zero-order chi connectivity index (χ0) is 23.4. The number of carbonyl (C=O) groups is 1. The number of ether oxygens (including phenoxy) is 1. The lowest BCUT2D eigenvalue weighted by Gasteiger charge is -2.42. The molecule has 2 unspecified atom stereocenters. The number of hydrogen-bond acceptors (Lipinski definition) is 8. The lowest BCUT2D eigenvalue weighted by Crippen LogP contribution is -2.55. The third-order valence-electron chi connectivity index (χ3n) is 5.22. The van der Waals surface area contributed by atoms with Gasteiger partial charge >= 0.3 is 0 Å². The first kappa shape index (κ1) is 22.1. The normalized spacial score (nSPS) is 19.6. The smallest absolute Gasteiger partial charge is 0.256 e. The maximum atomic E-state index is 13.5. The molecule has 0 saturated carbocycles. The second kappa shape index (κ2) is 9.17. The van der Waals surface area contributed by atoms with Crippen molar-refractivity contribution in [1.29, 1.82) is 0 Å². The van der Waals surface area contributed by atoms with Crippen LogP contribution in [0.1, 0.15) is 16.2 Å². The van der Waals surface area contributed by atoms with Gasteiger partial charge in [-0.2, -0.15) is 5.10 Å². The minimum absolute atomic E-state index is 0.271. The SMILES string of the molecule is CNC(=O)c1cncnc1NC1C=CC=C(c2ncn(C)n2)C1(Nc1ccc(F)cc1)OC. The number of aromatic nitrogens is 5. The third kappa shape index (κ3) is 4.30. The molecule has 1 aliphatic carbocycles. The fraction of sp³-hybridized carbons (Fsp3) is 0.227. The summed E-state index contributed by atoms with van der Waals surface area (Å²) in [6.45, 7) is 0. The first-order valence-electron chi connectivity index (χ1n) is 10.1. The molecule has 1 amide bonds. The molecule has 0 saturated heterocycles. The van der Waals surface area contributed by atoms with Gasteiger partial charge in [0.1, 0.15) is 24.3 Å². The van der Waals surface area contributed by atoms with Gasteiger partial charge in [-0.25, -0.2) is 19.3 Å². The third-order valence-corrected chi connectivity index (χ3v) is 5.22. The fourth-order valence-corrected chi connectivity index (χ4v) is 3.62. The molecule has 3 N–H and O–H groups in total. The van der Waals surface area contributed by atoms with E-state index in [0.29, 0.717) is 22.9 Å². The van der Waals surface area contributed by atoms with Gasteiger partial charge in [0.25, 0.3) is 5.91 Å². The van der Waals surface area contributed by atoms with E-state index in [9.17, 15) is 9.18 Å². The number of amides is 1. The quantitative estimate of drug-likeness (QED) is 0.468. The molecule has 10 nitrogen and oxygen atoms in total. The van der Waals surface area contributed by atoms with Crippen LogP contribution in [0.4, 0.5) is 15.9 Å². The molecule has 0 aliphatic heterocycles. The molecule has 1 aliphatic rings. The van der Waals surface area contributed by atoms with E-state index in [2.05, 4.69) is 36.0 Å². The maximum absolute atomic E-state index is 13.5. The number of hydrogen-bond donors (Lipinski definition) is 3. The van der Waals surface area contributed by atoms with Crippen LogP contribution in [-0.4, -0.2) is 56.6 Å². The van der Waals surface area contributed by atoms with Crippen molar-refractivity contribution >= 4 is 23.0 Å². The zero-order valence-electron chi connectivity index (χ0n) is 18.3. The van der Waals surface area contributed by atoms with E-state index in [1.165, 1.54) is 31.7 Å². The molecule has 0 bridgehead atoms. The van der Waals surface area contributed by atoms with Crippen molar-refractivity contribution in [3.8, 4) is 0 Å². The molecule has 2 atom stereocenters. The summed E-state index contributed by atoms with van der Waals surface area (Å²) in [6.07, 6.45) is 9.91. The molecule has 4 rings (SSSR count). The molecule has 2 aromatic heterocycles. The average Bonchev–Trinajstić information content (AvgIpc) is 3.27. The Labute approximate surface area is 189 Å². The van der Waals surface area contributed by atoms with Crippen molar-refractivity contribution in [2.75, 3.05) is 24.8 Å². The molecule has 2 heterocycles. The van der Waals surface area contributed by atoms with Crippen LogP contribution >= 0.6 is 0 Å². The Morgan fingerprint density at radius 1 is 1.24 bits per heavy atom. The van der Waals surface area contributed by atoms with Gasteiger partial charge in [-0.05, 0) is 24.3 Å². The number of rotatable bonds is 7. The second-order valence-electron chi connectivity index (χ2n) is 7.26. The zero-order valence-corrected chi connectivity index (χ0v) is 18.3. The molecule has 1 aromatic carbocycles. The van der Waals surface area contributed by atoms with Crippen LogP contribution in [0.2, 0.25) is 0 Å². The van der Waals surface area contributed by atoms with Crippen molar-refractivity contribution in [2.24, 2.45) is 7.05 Å². The molecular formula is C22H23FN8O2. The summed E-state index contributed by atoms with van der Waals surface area (Å²) in [4.78, 5) is 25.0. The Kier molecular flexibility index (Phi) is 6.13. The first-order chi connectivity index (χ1) is 16.0. The minimum atomic E-state index is -1.24. The van der Waals surface area contributed by atoms with E-state index in [1.807, 2.05) is 18.2 Å². The van der Waals surface area contributed by atoms with Crippen molar-refractivity contribution in [3.63, 3.8) is 0 Å². The molecule has 170 valence electrons. The summed E-state index contributed by atoms with van der Waals surface area (Å²) < 4.78 is 21.2. The first-order valence-corrected chi connectivity index (χ1v) is 10.1. The summed E-state index contributed by atoms with van der Waals surface area (Å²) >= 11 is 0. The average molecular weight is 450 g/mol. The van der Waals surface area contributed by atoms with Gasteiger partial charge in [0.2, 0.25) is 0 Å². The van der Waals surface area contributed by atoms with E-state index in [1.54, 1.807) is 37.3 Å². The summed E-state index contributed by atoms with van der Waals surface area (Å²) in [6, 6.07) is 5.34. The fourth-order valence-electron chi connectivity index (χ4n) is 3.62. The van der Waals surface area contributed by atoms with Crippen molar-refractivity contribution in [1.82, 2.24) is 30.0 Å². The number of anilines is 2. The molecule has 0 spiro atoms.